The van der Waals surface area contributed by atoms with Crippen LogP contribution in [0.3, 0.4) is 0 Å². The number of ether oxygens (including phenoxy) is 1. The highest BCUT2D eigenvalue weighted by Crippen LogP contribution is 2.28. The molecule has 0 amide bonds. The van der Waals surface area contributed by atoms with Crippen molar-refractivity contribution in [3.8, 4) is 16.9 Å². The number of benzene rings is 3. The molecule has 4 aromatic rings. The molecule has 30 heavy (non-hydrogen) atoms. The highest BCUT2D eigenvalue weighted by molar-refractivity contribution is 14.1. The van der Waals surface area contributed by atoms with Crippen LogP contribution in [0.1, 0.15) is 29.1 Å². The van der Waals surface area contributed by atoms with Crippen molar-refractivity contribution in [3.63, 3.8) is 0 Å². The number of hydrogen-bond acceptors (Lipinski definition) is 3. The minimum atomic E-state index is -0.447. The topological polar surface area (TPSA) is 44.1 Å². The number of nitrogens with zero attached hydrogens (tertiary/aromatic N) is 2. The van der Waals surface area contributed by atoms with E-state index in [4.69, 9.17) is 4.74 Å². The predicted octanol–water partition coefficient (Wildman–Crippen LogP) is 6.12. The maximum Gasteiger partial charge on any atom is 0.278 e. The van der Waals surface area contributed by atoms with Crippen molar-refractivity contribution in [1.29, 1.82) is 0 Å². The average molecular weight is 512 g/mol. The van der Waals surface area contributed by atoms with E-state index in [1.54, 1.807) is 36.5 Å². The molecule has 0 saturated heterocycles. The number of aromatic nitrogens is 2. The normalized spacial score (nSPS) is 11.8. The number of carbonyl (C=O) groups excluding carboxylic acids is 1. The van der Waals surface area contributed by atoms with E-state index in [0.717, 1.165) is 9.13 Å². The highest BCUT2D eigenvalue weighted by atomic mass is 127. The lowest BCUT2D eigenvalue weighted by Crippen LogP contribution is -2.14. The Kier molecular flexibility index (Phi) is 5.94. The van der Waals surface area contributed by atoms with Crippen molar-refractivity contribution >= 4 is 28.5 Å². The van der Waals surface area contributed by atoms with Gasteiger partial charge in [0.05, 0.1) is 0 Å². The summed E-state index contributed by atoms with van der Waals surface area (Å²) in [7, 11) is 0. The summed E-state index contributed by atoms with van der Waals surface area (Å²) in [6.07, 6.45) is 1.16. The fraction of sp³-hybridized carbons (Fsp3) is 0.0833. The van der Waals surface area contributed by atoms with Crippen molar-refractivity contribution in [1.82, 2.24) is 9.78 Å². The second kappa shape index (κ2) is 8.79. The second-order valence-electron chi connectivity index (χ2n) is 6.76. The Balaban J connectivity index is 1.48. The van der Waals surface area contributed by atoms with Crippen LogP contribution in [0, 0.1) is 9.39 Å². The number of hydrogen-bond donors (Lipinski definition) is 0. The molecule has 4 rings (SSSR count). The van der Waals surface area contributed by atoms with Crippen molar-refractivity contribution in [3.05, 3.63) is 106 Å². The van der Waals surface area contributed by atoms with Gasteiger partial charge in [-0.15, -0.1) is 0 Å². The monoisotopic (exact) mass is 512 g/mol. The lowest BCUT2D eigenvalue weighted by Gasteiger charge is -2.13. The van der Waals surface area contributed by atoms with Crippen molar-refractivity contribution in [2.75, 3.05) is 0 Å². The quantitative estimate of drug-likeness (QED) is 0.303. The molecule has 1 heterocycles. The van der Waals surface area contributed by atoms with Crippen LogP contribution >= 0.6 is 22.6 Å². The van der Waals surface area contributed by atoms with Crippen LogP contribution in [0.5, 0.6) is 5.75 Å². The molecule has 0 saturated carbocycles. The van der Waals surface area contributed by atoms with Gasteiger partial charge in [-0.25, -0.2) is 9.07 Å². The Morgan fingerprint density at radius 1 is 1.03 bits per heavy atom. The van der Waals surface area contributed by atoms with E-state index in [0.29, 0.717) is 22.6 Å². The first kappa shape index (κ1) is 20.3. The van der Waals surface area contributed by atoms with Crippen LogP contribution in [0.25, 0.3) is 11.1 Å². The van der Waals surface area contributed by atoms with Gasteiger partial charge in [0, 0.05) is 27.0 Å². The Morgan fingerprint density at radius 2 is 1.77 bits per heavy atom. The van der Waals surface area contributed by atoms with Crippen LogP contribution in [-0.2, 0) is 0 Å². The van der Waals surface area contributed by atoms with Gasteiger partial charge < -0.3 is 4.74 Å². The second-order valence-corrected chi connectivity index (χ2v) is 8.01. The summed E-state index contributed by atoms with van der Waals surface area (Å²) in [5, 5.41) is 4.34. The number of carbonyl (C=O) groups is 1. The first-order valence-electron chi connectivity index (χ1n) is 9.39. The van der Waals surface area contributed by atoms with Crippen molar-refractivity contribution in [2.45, 2.75) is 13.0 Å². The SMILES string of the molecule is C[C@@H](Oc1ccc(-c2ccccc2)c(F)c1)c1ccn(C(=O)c2ccc(I)cc2)n1. The molecule has 0 aliphatic heterocycles. The summed E-state index contributed by atoms with van der Waals surface area (Å²) in [5.74, 6) is -0.174. The first-order valence-corrected chi connectivity index (χ1v) is 10.5. The molecule has 0 N–H and O–H groups in total. The average Bonchev–Trinajstić information content (AvgIpc) is 3.25. The number of halogens is 2. The molecule has 1 atom stereocenters. The molecule has 4 nitrogen and oxygen atoms in total. The van der Waals surface area contributed by atoms with E-state index in [2.05, 4.69) is 27.7 Å². The molecule has 150 valence electrons. The first-order chi connectivity index (χ1) is 14.5. The Morgan fingerprint density at radius 3 is 2.47 bits per heavy atom. The zero-order valence-corrected chi connectivity index (χ0v) is 18.3. The van der Waals surface area contributed by atoms with Gasteiger partial charge in [0.1, 0.15) is 23.4 Å². The zero-order valence-electron chi connectivity index (χ0n) is 16.1. The fourth-order valence-electron chi connectivity index (χ4n) is 3.08. The minimum Gasteiger partial charge on any atom is -0.484 e. The van der Waals surface area contributed by atoms with Gasteiger partial charge in [-0.05, 0) is 77.5 Å². The van der Waals surface area contributed by atoms with Crippen LogP contribution in [0.15, 0.2) is 85.1 Å². The van der Waals surface area contributed by atoms with Crippen molar-refractivity contribution in [2.24, 2.45) is 0 Å². The van der Waals surface area contributed by atoms with E-state index in [1.165, 1.54) is 10.7 Å². The summed E-state index contributed by atoms with van der Waals surface area (Å²) >= 11 is 2.19. The van der Waals surface area contributed by atoms with E-state index < -0.39 is 6.10 Å². The summed E-state index contributed by atoms with van der Waals surface area (Å²) in [6.45, 7) is 1.81. The van der Waals surface area contributed by atoms with Crippen LogP contribution in [0.4, 0.5) is 4.39 Å². The van der Waals surface area contributed by atoms with E-state index in [-0.39, 0.29) is 11.7 Å². The summed E-state index contributed by atoms with van der Waals surface area (Å²) in [4.78, 5) is 12.6. The molecule has 0 bridgehead atoms. The largest absolute Gasteiger partial charge is 0.484 e. The lowest BCUT2D eigenvalue weighted by molar-refractivity contribution is 0.0943. The zero-order chi connectivity index (χ0) is 21.1. The molecule has 1 aromatic heterocycles. The standard InChI is InChI=1S/C24H18FIN2O2/c1-16(23-13-14-28(27-23)24(29)18-7-9-19(26)10-8-18)30-20-11-12-21(22(25)15-20)17-5-3-2-4-6-17/h2-16H,1H3/t16-/m1/s1. The van der Waals surface area contributed by atoms with Gasteiger partial charge in [-0.3, -0.25) is 4.79 Å². The van der Waals surface area contributed by atoms with Gasteiger partial charge in [0.25, 0.3) is 5.91 Å². The third kappa shape index (κ3) is 4.43. The van der Waals surface area contributed by atoms with Crippen molar-refractivity contribution < 1.29 is 13.9 Å². The predicted molar refractivity (Wildman–Crippen MR) is 122 cm³/mol. The fourth-order valence-corrected chi connectivity index (χ4v) is 3.44. The molecule has 0 aliphatic carbocycles. The van der Waals surface area contributed by atoms with Gasteiger partial charge >= 0.3 is 0 Å². The summed E-state index contributed by atoms with van der Waals surface area (Å²) < 4.78 is 22.8. The Labute approximate surface area is 187 Å². The molecule has 0 aliphatic rings. The number of rotatable bonds is 5. The van der Waals surface area contributed by atoms with Crippen LogP contribution in [0.2, 0.25) is 0 Å². The Bertz CT molecular complexity index is 1170. The summed E-state index contributed by atoms with van der Waals surface area (Å²) in [6, 6.07) is 23.2. The summed E-state index contributed by atoms with van der Waals surface area (Å²) in [5.41, 5.74) is 2.46. The van der Waals surface area contributed by atoms with Gasteiger partial charge in [0.15, 0.2) is 0 Å². The molecule has 0 unspecified atom stereocenters. The maximum absolute atomic E-state index is 14.6. The lowest BCUT2D eigenvalue weighted by atomic mass is 10.1. The smallest absolute Gasteiger partial charge is 0.278 e. The molecule has 0 spiro atoms. The van der Waals surface area contributed by atoms with Gasteiger partial charge in [-0.1, -0.05) is 30.3 Å². The molecule has 6 heteroatoms. The molecule has 0 fully saturated rings. The van der Waals surface area contributed by atoms with E-state index in [1.807, 2.05) is 49.4 Å². The third-order valence-electron chi connectivity index (χ3n) is 4.66. The third-order valence-corrected chi connectivity index (χ3v) is 5.38. The van der Waals surface area contributed by atoms with Crippen LogP contribution < -0.4 is 4.74 Å². The Hall–Kier alpha value is -3.00. The van der Waals surface area contributed by atoms with Crippen LogP contribution in [-0.4, -0.2) is 15.7 Å². The van der Waals surface area contributed by atoms with E-state index in [9.17, 15) is 9.18 Å². The van der Waals surface area contributed by atoms with E-state index >= 15 is 0 Å². The molecule has 3 aromatic carbocycles. The van der Waals surface area contributed by atoms with Gasteiger partial charge in [-0.2, -0.15) is 5.10 Å². The molecular weight excluding hydrogens is 494 g/mol. The van der Waals surface area contributed by atoms with Gasteiger partial charge in [0.2, 0.25) is 0 Å². The molecular formula is C24H18FIN2O2. The minimum absolute atomic E-state index is 0.219. The highest BCUT2D eigenvalue weighted by Gasteiger charge is 2.16. The maximum atomic E-state index is 14.6. The molecule has 0 radical (unpaired) electrons.